The van der Waals surface area contributed by atoms with Crippen molar-refractivity contribution in [1.29, 1.82) is 0 Å². The number of alkyl halides is 3. The first-order chi connectivity index (χ1) is 17.3. The summed E-state index contributed by atoms with van der Waals surface area (Å²) < 4.78 is 59.2. The fraction of sp³-hybridized carbons (Fsp3) is 0.231. The highest BCUT2D eigenvalue weighted by Crippen LogP contribution is 2.43. The fourth-order valence-electron chi connectivity index (χ4n) is 4.38. The molecule has 0 spiro atoms. The van der Waals surface area contributed by atoms with Crippen molar-refractivity contribution in [3.8, 4) is 5.75 Å². The summed E-state index contributed by atoms with van der Waals surface area (Å²) in [4.78, 5) is 21.0. The van der Waals surface area contributed by atoms with E-state index in [0.717, 1.165) is 11.6 Å². The molecule has 37 heavy (non-hydrogen) atoms. The number of aromatic amines is 1. The van der Waals surface area contributed by atoms with Crippen molar-refractivity contribution in [1.82, 2.24) is 9.97 Å². The molecule has 2 heterocycles. The van der Waals surface area contributed by atoms with Crippen LogP contribution >= 0.6 is 11.6 Å². The maximum atomic E-state index is 13.7. The molecule has 0 saturated carbocycles. The number of carbonyl (C=O) groups is 1. The molecule has 0 aliphatic carbocycles. The SMILES string of the molecule is Cc1cccc(Cl)c1Nc1nc2c3c(c(C(=O)Nc4ccc(F)c(C(F)(F)F)c4)cc2[nH]1)OC(C)(C)C3. The van der Waals surface area contributed by atoms with E-state index in [0.29, 0.717) is 57.6 Å². The highest BCUT2D eigenvalue weighted by atomic mass is 35.5. The van der Waals surface area contributed by atoms with E-state index < -0.39 is 29.1 Å². The highest BCUT2D eigenvalue weighted by Gasteiger charge is 2.37. The maximum absolute atomic E-state index is 13.7. The van der Waals surface area contributed by atoms with Crippen LogP contribution < -0.4 is 15.4 Å². The van der Waals surface area contributed by atoms with Gasteiger partial charge >= 0.3 is 6.18 Å². The van der Waals surface area contributed by atoms with Gasteiger partial charge in [-0.2, -0.15) is 13.2 Å². The molecule has 0 saturated heterocycles. The monoisotopic (exact) mass is 532 g/mol. The lowest BCUT2D eigenvalue weighted by Crippen LogP contribution is -2.25. The number of imidazole rings is 1. The van der Waals surface area contributed by atoms with Gasteiger partial charge < -0.3 is 20.4 Å². The molecule has 1 amide bonds. The normalized spacial score (nSPS) is 14.4. The van der Waals surface area contributed by atoms with Crippen molar-refractivity contribution in [3.63, 3.8) is 0 Å². The van der Waals surface area contributed by atoms with Gasteiger partial charge in [0.25, 0.3) is 5.91 Å². The van der Waals surface area contributed by atoms with Gasteiger partial charge in [-0.25, -0.2) is 9.37 Å². The molecule has 1 aromatic heterocycles. The maximum Gasteiger partial charge on any atom is 0.419 e. The van der Waals surface area contributed by atoms with Crippen molar-refractivity contribution in [2.24, 2.45) is 0 Å². The van der Waals surface area contributed by atoms with E-state index in [1.165, 1.54) is 6.07 Å². The minimum atomic E-state index is -4.91. The largest absolute Gasteiger partial charge is 0.486 e. The Kier molecular flexibility index (Phi) is 5.82. The van der Waals surface area contributed by atoms with E-state index in [2.05, 4.69) is 20.6 Å². The molecule has 0 atom stereocenters. The first-order valence-corrected chi connectivity index (χ1v) is 11.6. The van der Waals surface area contributed by atoms with Gasteiger partial charge in [0.15, 0.2) is 0 Å². The molecule has 1 aliphatic rings. The minimum absolute atomic E-state index is 0.107. The summed E-state index contributed by atoms with van der Waals surface area (Å²) in [5.74, 6) is -1.45. The van der Waals surface area contributed by atoms with Crippen molar-refractivity contribution < 1.29 is 27.1 Å². The van der Waals surface area contributed by atoms with Crippen LogP contribution in [0.2, 0.25) is 5.02 Å². The molecule has 0 unspecified atom stereocenters. The van der Waals surface area contributed by atoms with Crippen molar-refractivity contribution in [3.05, 3.63) is 75.6 Å². The molecule has 6 nitrogen and oxygen atoms in total. The fourth-order valence-corrected chi connectivity index (χ4v) is 4.64. The van der Waals surface area contributed by atoms with Gasteiger partial charge in [0.2, 0.25) is 5.95 Å². The molecule has 0 radical (unpaired) electrons. The van der Waals surface area contributed by atoms with Crippen molar-refractivity contribution in [2.75, 3.05) is 10.6 Å². The Morgan fingerprint density at radius 1 is 1.19 bits per heavy atom. The van der Waals surface area contributed by atoms with Crippen molar-refractivity contribution >= 4 is 45.9 Å². The molecule has 0 fully saturated rings. The number of hydrogen-bond donors (Lipinski definition) is 3. The Bertz CT molecular complexity index is 1540. The Balaban J connectivity index is 1.55. The zero-order chi connectivity index (χ0) is 26.7. The van der Waals surface area contributed by atoms with E-state index in [-0.39, 0.29) is 11.3 Å². The molecule has 0 bridgehead atoms. The number of aromatic nitrogens is 2. The molecule has 192 valence electrons. The Morgan fingerprint density at radius 2 is 1.95 bits per heavy atom. The molecule has 4 aromatic rings. The number of aryl methyl sites for hydroxylation is 1. The third-order valence-electron chi connectivity index (χ3n) is 6.05. The Labute approximate surface area is 214 Å². The van der Waals surface area contributed by atoms with Crippen LogP contribution in [0.3, 0.4) is 0 Å². The molecular formula is C26H21ClF4N4O2. The molecule has 5 rings (SSSR count). The van der Waals surface area contributed by atoms with Crippen LogP contribution in [0.15, 0.2) is 42.5 Å². The Hall–Kier alpha value is -3.79. The van der Waals surface area contributed by atoms with Crippen LogP contribution in [0.4, 0.5) is 34.9 Å². The summed E-state index contributed by atoms with van der Waals surface area (Å²) >= 11 is 6.33. The number of fused-ring (bicyclic) bond motifs is 3. The zero-order valence-corrected chi connectivity index (χ0v) is 20.7. The number of ether oxygens (including phenoxy) is 1. The molecule has 3 N–H and O–H groups in total. The van der Waals surface area contributed by atoms with Crippen LogP contribution in [-0.2, 0) is 12.6 Å². The second-order valence-electron chi connectivity index (χ2n) is 9.46. The summed E-state index contributed by atoms with van der Waals surface area (Å²) in [6.45, 7) is 5.61. The van der Waals surface area contributed by atoms with Gasteiger partial charge in [-0.05, 0) is 56.7 Å². The van der Waals surface area contributed by atoms with Crippen LogP contribution in [0.25, 0.3) is 11.0 Å². The van der Waals surface area contributed by atoms with Crippen LogP contribution in [0.5, 0.6) is 5.75 Å². The predicted octanol–water partition coefficient (Wildman–Crippen LogP) is 7.39. The standard InChI is InChI=1S/C26H21ClF4N4O2/c1-12-5-4-6-17(27)20(12)34-24-33-19-10-14(22-15(21(19)35-24)11-25(2,3)37-22)23(36)32-13-7-8-18(28)16(9-13)26(29,30)31/h4-10H,11H2,1-3H3,(H,32,36)(H2,33,34,35). The number of anilines is 3. The van der Waals surface area contributed by atoms with Gasteiger partial charge in [-0.3, -0.25) is 4.79 Å². The number of rotatable bonds is 4. The number of H-pyrrole nitrogens is 1. The Morgan fingerprint density at radius 3 is 2.65 bits per heavy atom. The summed E-state index contributed by atoms with van der Waals surface area (Å²) in [7, 11) is 0. The van der Waals surface area contributed by atoms with Gasteiger partial charge in [-0.15, -0.1) is 0 Å². The van der Waals surface area contributed by atoms with E-state index >= 15 is 0 Å². The van der Waals surface area contributed by atoms with Gasteiger partial charge in [-0.1, -0.05) is 23.7 Å². The van der Waals surface area contributed by atoms with E-state index in [4.69, 9.17) is 16.3 Å². The first kappa shape index (κ1) is 24.9. The minimum Gasteiger partial charge on any atom is -0.486 e. The molecule has 3 aromatic carbocycles. The lowest BCUT2D eigenvalue weighted by Gasteiger charge is -2.18. The summed E-state index contributed by atoms with van der Waals surface area (Å²) in [5.41, 5.74) is 1.16. The number of hydrogen-bond acceptors (Lipinski definition) is 4. The molecule has 11 heteroatoms. The third kappa shape index (κ3) is 4.69. The molecule has 1 aliphatic heterocycles. The number of benzene rings is 3. The topological polar surface area (TPSA) is 79.0 Å². The number of nitrogens with zero attached hydrogens (tertiary/aromatic N) is 1. The van der Waals surface area contributed by atoms with E-state index in [1.54, 1.807) is 6.07 Å². The smallest absolute Gasteiger partial charge is 0.419 e. The highest BCUT2D eigenvalue weighted by molar-refractivity contribution is 6.33. The van der Waals surface area contributed by atoms with Crippen LogP contribution in [0.1, 0.15) is 40.9 Å². The quantitative estimate of drug-likeness (QED) is 0.239. The molecular weight excluding hydrogens is 512 g/mol. The average Bonchev–Trinajstić information content (AvgIpc) is 3.35. The second kappa shape index (κ2) is 8.65. The van der Waals surface area contributed by atoms with Gasteiger partial charge in [0.05, 0.1) is 32.9 Å². The predicted molar refractivity (Wildman–Crippen MR) is 133 cm³/mol. The van der Waals surface area contributed by atoms with Crippen LogP contribution in [0, 0.1) is 12.7 Å². The van der Waals surface area contributed by atoms with Gasteiger partial charge in [0, 0.05) is 17.7 Å². The lowest BCUT2D eigenvalue weighted by atomic mass is 9.98. The number of nitrogens with one attached hydrogen (secondary N) is 3. The lowest BCUT2D eigenvalue weighted by molar-refractivity contribution is -0.139. The number of amides is 1. The number of para-hydroxylation sites is 1. The van der Waals surface area contributed by atoms with E-state index in [9.17, 15) is 22.4 Å². The average molecular weight is 533 g/mol. The van der Waals surface area contributed by atoms with E-state index in [1.807, 2.05) is 32.9 Å². The second-order valence-corrected chi connectivity index (χ2v) is 9.86. The van der Waals surface area contributed by atoms with Crippen LogP contribution in [-0.4, -0.2) is 21.5 Å². The number of carbonyl (C=O) groups excluding carboxylic acids is 1. The summed E-state index contributed by atoms with van der Waals surface area (Å²) in [5, 5.41) is 6.11. The number of halogens is 5. The zero-order valence-electron chi connectivity index (χ0n) is 19.9. The summed E-state index contributed by atoms with van der Waals surface area (Å²) in [6, 6.07) is 9.28. The first-order valence-electron chi connectivity index (χ1n) is 11.3. The third-order valence-corrected chi connectivity index (χ3v) is 6.36. The summed E-state index contributed by atoms with van der Waals surface area (Å²) in [6.07, 6.45) is -4.46. The van der Waals surface area contributed by atoms with Gasteiger partial charge in [0.1, 0.15) is 17.2 Å². The van der Waals surface area contributed by atoms with Crippen molar-refractivity contribution in [2.45, 2.75) is 39.0 Å².